The minimum absolute atomic E-state index is 0.0460. The maximum absolute atomic E-state index is 14.5. The SMILES string of the molecule is CC1CCCCN1CC(=O)Nc1ccc(F)c(NC(=O)c2cc3c(=O)[nH]c4ccccc4c3s2)c1. The highest BCUT2D eigenvalue weighted by Gasteiger charge is 2.21. The number of pyridine rings is 1. The summed E-state index contributed by atoms with van der Waals surface area (Å²) >= 11 is 1.18. The van der Waals surface area contributed by atoms with Gasteiger partial charge in [0.05, 0.1) is 22.5 Å². The van der Waals surface area contributed by atoms with Crippen LogP contribution in [0.1, 0.15) is 35.9 Å². The zero-order chi connectivity index (χ0) is 24.5. The number of likely N-dealkylation sites (tertiary alicyclic amines) is 1. The molecule has 2 aromatic heterocycles. The number of aromatic amines is 1. The summed E-state index contributed by atoms with van der Waals surface area (Å²) in [6.07, 6.45) is 3.31. The summed E-state index contributed by atoms with van der Waals surface area (Å²) in [4.78, 5) is 43.2. The molecule has 2 amide bonds. The van der Waals surface area contributed by atoms with Crippen LogP contribution in [0.2, 0.25) is 0 Å². The number of anilines is 2. The number of fused-ring (bicyclic) bond motifs is 3. The predicted octanol–water partition coefficient (Wildman–Crippen LogP) is 4.95. The Bertz CT molecular complexity index is 1500. The molecule has 1 unspecified atom stereocenters. The van der Waals surface area contributed by atoms with Gasteiger partial charge in [-0.3, -0.25) is 19.3 Å². The average molecular weight is 493 g/mol. The Balaban J connectivity index is 1.34. The Kier molecular flexibility index (Phi) is 6.36. The first-order valence-electron chi connectivity index (χ1n) is 11.6. The predicted molar refractivity (Wildman–Crippen MR) is 138 cm³/mol. The summed E-state index contributed by atoms with van der Waals surface area (Å²) < 4.78 is 15.2. The van der Waals surface area contributed by atoms with Gasteiger partial charge in [-0.05, 0) is 56.6 Å². The van der Waals surface area contributed by atoms with Gasteiger partial charge in [0.15, 0.2) is 0 Å². The van der Waals surface area contributed by atoms with E-state index in [9.17, 15) is 18.8 Å². The van der Waals surface area contributed by atoms with Gasteiger partial charge in [-0.1, -0.05) is 24.6 Å². The zero-order valence-electron chi connectivity index (χ0n) is 19.2. The molecule has 0 aliphatic carbocycles. The van der Waals surface area contributed by atoms with E-state index < -0.39 is 11.7 Å². The third-order valence-corrected chi connectivity index (χ3v) is 7.57. The van der Waals surface area contributed by atoms with E-state index in [1.807, 2.05) is 18.2 Å². The van der Waals surface area contributed by atoms with E-state index in [2.05, 4.69) is 27.4 Å². The number of amides is 2. The molecule has 7 nitrogen and oxygen atoms in total. The second-order valence-corrected chi connectivity index (χ2v) is 9.92. The fourth-order valence-electron chi connectivity index (χ4n) is 4.51. The van der Waals surface area contributed by atoms with Gasteiger partial charge in [0.1, 0.15) is 5.82 Å². The molecule has 1 atom stereocenters. The summed E-state index contributed by atoms with van der Waals surface area (Å²) in [5.74, 6) is -1.33. The second kappa shape index (κ2) is 9.59. The number of nitrogens with zero attached hydrogens (tertiary/aromatic N) is 1. The van der Waals surface area contributed by atoms with Crippen LogP contribution in [0.25, 0.3) is 21.0 Å². The number of rotatable bonds is 5. The largest absolute Gasteiger partial charge is 0.325 e. The monoisotopic (exact) mass is 492 g/mol. The maximum Gasteiger partial charge on any atom is 0.265 e. The fourth-order valence-corrected chi connectivity index (χ4v) is 5.60. The highest BCUT2D eigenvalue weighted by molar-refractivity contribution is 7.21. The van der Waals surface area contributed by atoms with Crippen LogP contribution in [-0.4, -0.2) is 40.8 Å². The number of aromatic nitrogens is 1. The number of piperidine rings is 1. The molecule has 2 aromatic carbocycles. The van der Waals surface area contributed by atoms with E-state index >= 15 is 0 Å². The summed E-state index contributed by atoms with van der Waals surface area (Å²) in [5.41, 5.74) is 0.755. The molecule has 3 heterocycles. The van der Waals surface area contributed by atoms with Crippen molar-refractivity contribution >= 4 is 55.5 Å². The molecule has 0 radical (unpaired) electrons. The molecule has 9 heteroatoms. The highest BCUT2D eigenvalue weighted by Crippen LogP contribution is 2.30. The van der Waals surface area contributed by atoms with Crippen molar-refractivity contribution in [2.24, 2.45) is 0 Å². The summed E-state index contributed by atoms with van der Waals surface area (Å²) in [6, 6.07) is 13.3. The van der Waals surface area contributed by atoms with Crippen LogP contribution in [0.4, 0.5) is 15.8 Å². The molecule has 4 aromatic rings. The maximum atomic E-state index is 14.5. The zero-order valence-corrected chi connectivity index (χ0v) is 20.0. The Hall–Kier alpha value is -3.56. The minimum Gasteiger partial charge on any atom is -0.325 e. The summed E-state index contributed by atoms with van der Waals surface area (Å²) in [5, 5.41) is 6.63. The van der Waals surface area contributed by atoms with Gasteiger partial charge in [0, 0.05) is 27.3 Å². The Labute approximate surface area is 205 Å². The smallest absolute Gasteiger partial charge is 0.265 e. The third-order valence-electron chi connectivity index (χ3n) is 6.41. The summed E-state index contributed by atoms with van der Waals surface area (Å²) in [7, 11) is 0. The lowest BCUT2D eigenvalue weighted by Crippen LogP contribution is -2.42. The molecule has 0 spiro atoms. The van der Waals surface area contributed by atoms with Crippen molar-refractivity contribution in [1.82, 2.24) is 9.88 Å². The molecular formula is C26H25FN4O3S. The van der Waals surface area contributed by atoms with E-state index in [0.717, 1.165) is 24.8 Å². The van der Waals surface area contributed by atoms with Gasteiger partial charge in [-0.2, -0.15) is 0 Å². The van der Waals surface area contributed by atoms with Crippen LogP contribution in [0.3, 0.4) is 0 Å². The van der Waals surface area contributed by atoms with E-state index in [1.54, 1.807) is 6.07 Å². The van der Waals surface area contributed by atoms with Gasteiger partial charge >= 0.3 is 0 Å². The quantitative estimate of drug-likeness (QED) is 0.368. The van der Waals surface area contributed by atoms with Gasteiger partial charge in [-0.25, -0.2) is 4.39 Å². The number of carbonyl (C=O) groups is 2. The third kappa shape index (κ3) is 4.82. The molecular weight excluding hydrogens is 467 g/mol. The lowest BCUT2D eigenvalue weighted by molar-refractivity contribution is -0.118. The van der Waals surface area contributed by atoms with Gasteiger partial charge in [0.2, 0.25) is 5.91 Å². The standard InChI is InChI=1S/C26H25FN4O3S/c1-15-6-4-5-11-31(15)14-23(32)28-16-9-10-19(27)21(12-16)30-26(34)22-13-18-24(35-22)17-7-2-3-8-20(17)29-25(18)33/h2-3,7-10,12-13,15H,4-6,11,14H2,1H3,(H,28,32)(H,29,33)(H,30,34). The first-order valence-corrected chi connectivity index (χ1v) is 12.4. The van der Waals surface area contributed by atoms with Crippen LogP contribution in [0.15, 0.2) is 53.3 Å². The number of nitrogens with one attached hydrogen (secondary N) is 3. The highest BCUT2D eigenvalue weighted by atomic mass is 32.1. The molecule has 35 heavy (non-hydrogen) atoms. The van der Waals surface area contributed by atoms with Crippen molar-refractivity contribution in [2.45, 2.75) is 32.2 Å². The van der Waals surface area contributed by atoms with Crippen LogP contribution in [0, 0.1) is 5.82 Å². The van der Waals surface area contributed by atoms with Crippen LogP contribution >= 0.6 is 11.3 Å². The van der Waals surface area contributed by atoms with Crippen molar-refractivity contribution in [3.63, 3.8) is 0 Å². The molecule has 180 valence electrons. The van der Waals surface area contributed by atoms with Gasteiger partial charge in [-0.15, -0.1) is 11.3 Å². The lowest BCUT2D eigenvalue weighted by atomic mass is 10.0. The molecule has 0 bridgehead atoms. The van der Waals surface area contributed by atoms with Crippen LogP contribution < -0.4 is 16.2 Å². The van der Waals surface area contributed by atoms with E-state index in [1.165, 1.54) is 42.0 Å². The first kappa shape index (κ1) is 23.2. The molecule has 1 fully saturated rings. The molecule has 1 aliphatic rings. The van der Waals surface area contributed by atoms with Gasteiger partial charge in [0.25, 0.3) is 11.5 Å². The van der Waals surface area contributed by atoms with E-state index in [0.29, 0.717) is 27.3 Å². The Morgan fingerprint density at radius 3 is 2.77 bits per heavy atom. The molecule has 5 rings (SSSR count). The number of hydrogen-bond donors (Lipinski definition) is 3. The fraction of sp³-hybridized carbons (Fsp3) is 0.269. The van der Waals surface area contributed by atoms with Crippen molar-refractivity contribution in [3.8, 4) is 0 Å². The number of H-pyrrole nitrogens is 1. The van der Waals surface area contributed by atoms with E-state index in [4.69, 9.17) is 0 Å². The number of thiophene rings is 1. The normalized spacial score (nSPS) is 16.5. The van der Waals surface area contributed by atoms with Crippen LogP contribution in [-0.2, 0) is 4.79 Å². The second-order valence-electron chi connectivity index (χ2n) is 8.87. The lowest BCUT2D eigenvalue weighted by Gasteiger charge is -2.32. The number of halogens is 1. The number of hydrogen-bond acceptors (Lipinski definition) is 5. The molecule has 0 saturated carbocycles. The minimum atomic E-state index is -0.620. The van der Waals surface area contributed by atoms with Gasteiger partial charge < -0.3 is 15.6 Å². The number of carbonyl (C=O) groups excluding carboxylic acids is 2. The number of benzene rings is 2. The topological polar surface area (TPSA) is 94.3 Å². The first-order chi connectivity index (χ1) is 16.9. The Morgan fingerprint density at radius 1 is 1.11 bits per heavy atom. The van der Waals surface area contributed by atoms with Crippen molar-refractivity contribution in [3.05, 3.63) is 69.6 Å². The van der Waals surface area contributed by atoms with E-state index in [-0.39, 0.29) is 28.6 Å². The molecule has 1 saturated heterocycles. The van der Waals surface area contributed by atoms with Crippen molar-refractivity contribution < 1.29 is 14.0 Å². The molecule has 3 N–H and O–H groups in total. The molecule has 1 aliphatic heterocycles. The van der Waals surface area contributed by atoms with Crippen molar-refractivity contribution in [1.29, 1.82) is 0 Å². The van der Waals surface area contributed by atoms with Crippen molar-refractivity contribution in [2.75, 3.05) is 23.7 Å². The Morgan fingerprint density at radius 2 is 1.94 bits per heavy atom. The average Bonchev–Trinajstić information content (AvgIpc) is 3.30. The summed E-state index contributed by atoms with van der Waals surface area (Å²) in [6.45, 7) is 3.26. The van der Waals surface area contributed by atoms with Crippen LogP contribution in [0.5, 0.6) is 0 Å². The number of para-hydroxylation sites is 1.